The number of anilines is 1. The Labute approximate surface area is 110 Å². The Bertz CT molecular complexity index is 373. The number of benzene rings is 1. The Balaban J connectivity index is 2.15. The van der Waals surface area contributed by atoms with Crippen LogP contribution in [0.1, 0.15) is 25.3 Å². The number of rotatable bonds is 4. The number of nitrogens with two attached hydrogens (primary N) is 1. The van der Waals surface area contributed by atoms with E-state index in [4.69, 9.17) is 10.5 Å². The van der Waals surface area contributed by atoms with E-state index in [9.17, 15) is 0 Å². The summed E-state index contributed by atoms with van der Waals surface area (Å²) in [4.78, 5) is 2.40. The molecule has 0 radical (unpaired) electrons. The molecule has 0 spiro atoms. The van der Waals surface area contributed by atoms with Crippen LogP contribution in [0.5, 0.6) is 0 Å². The molecule has 3 heteroatoms. The van der Waals surface area contributed by atoms with Crippen molar-refractivity contribution in [2.75, 3.05) is 25.2 Å². The van der Waals surface area contributed by atoms with E-state index < -0.39 is 0 Å². The first-order chi connectivity index (χ1) is 8.68. The first kappa shape index (κ1) is 13.4. The number of para-hydroxylation sites is 1. The topological polar surface area (TPSA) is 38.5 Å². The molecule has 2 N–H and O–H groups in total. The van der Waals surface area contributed by atoms with Gasteiger partial charge in [-0.25, -0.2) is 0 Å². The molecule has 1 saturated heterocycles. The van der Waals surface area contributed by atoms with Crippen molar-refractivity contribution < 1.29 is 4.74 Å². The van der Waals surface area contributed by atoms with Crippen molar-refractivity contribution in [3.05, 3.63) is 29.8 Å². The van der Waals surface area contributed by atoms with Gasteiger partial charge in [-0.1, -0.05) is 18.2 Å². The summed E-state index contributed by atoms with van der Waals surface area (Å²) in [6.45, 7) is 3.82. The molecule has 1 aliphatic rings. The molecule has 1 aliphatic heterocycles. The predicted octanol–water partition coefficient (Wildman–Crippen LogP) is 2.19. The van der Waals surface area contributed by atoms with Crippen LogP contribution in [0.2, 0.25) is 0 Å². The van der Waals surface area contributed by atoms with Gasteiger partial charge in [-0.3, -0.25) is 0 Å². The molecule has 1 aromatic carbocycles. The van der Waals surface area contributed by atoms with Crippen LogP contribution in [-0.4, -0.2) is 32.3 Å². The van der Waals surface area contributed by atoms with Crippen molar-refractivity contribution in [2.24, 2.45) is 5.73 Å². The molecule has 2 rings (SSSR count). The Morgan fingerprint density at radius 2 is 2.00 bits per heavy atom. The van der Waals surface area contributed by atoms with E-state index in [0.29, 0.717) is 6.04 Å². The van der Waals surface area contributed by atoms with E-state index in [1.54, 1.807) is 0 Å². The summed E-state index contributed by atoms with van der Waals surface area (Å²) in [5.41, 5.74) is 8.60. The van der Waals surface area contributed by atoms with E-state index in [2.05, 4.69) is 43.1 Å². The first-order valence-electron chi connectivity index (χ1n) is 6.82. The number of nitrogens with zero attached hydrogens (tertiary/aromatic N) is 1. The lowest BCUT2D eigenvalue weighted by atomic mass is 10.0. The predicted molar refractivity (Wildman–Crippen MR) is 76.0 cm³/mol. The van der Waals surface area contributed by atoms with Gasteiger partial charge in [0.05, 0.1) is 0 Å². The van der Waals surface area contributed by atoms with Crippen molar-refractivity contribution >= 4 is 5.69 Å². The molecule has 1 heterocycles. The minimum absolute atomic E-state index is 0.203. The van der Waals surface area contributed by atoms with E-state index >= 15 is 0 Å². The van der Waals surface area contributed by atoms with Crippen molar-refractivity contribution in [1.82, 2.24) is 0 Å². The van der Waals surface area contributed by atoms with Gasteiger partial charge in [0.1, 0.15) is 0 Å². The van der Waals surface area contributed by atoms with Gasteiger partial charge in [-0.05, 0) is 37.8 Å². The van der Waals surface area contributed by atoms with Gasteiger partial charge in [-0.2, -0.15) is 0 Å². The number of ether oxygens (including phenoxy) is 1. The van der Waals surface area contributed by atoms with Crippen molar-refractivity contribution in [2.45, 2.75) is 38.3 Å². The van der Waals surface area contributed by atoms with Crippen LogP contribution >= 0.6 is 0 Å². The van der Waals surface area contributed by atoms with Gasteiger partial charge >= 0.3 is 0 Å². The second-order valence-electron chi connectivity index (χ2n) is 5.26. The summed E-state index contributed by atoms with van der Waals surface area (Å²) >= 11 is 0. The SMILES string of the molecule is CC(N)Cc1ccccc1N(C)C1CCOCC1. The van der Waals surface area contributed by atoms with Crippen LogP contribution in [0.4, 0.5) is 5.69 Å². The maximum Gasteiger partial charge on any atom is 0.0485 e. The molecular weight excluding hydrogens is 224 g/mol. The van der Waals surface area contributed by atoms with E-state index in [1.165, 1.54) is 11.3 Å². The van der Waals surface area contributed by atoms with Crippen LogP contribution in [0.3, 0.4) is 0 Å². The summed E-state index contributed by atoms with van der Waals surface area (Å²) in [6.07, 6.45) is 3.16. The minimum Gasteiger partial charge on any atom is -0.381 e. The van der Waals surface area contributed by atoms with Gasteiger partial charge in [-0.15, -0.1) is 0 Å². The Kier molecular flexibility index (Phi) is 4.61. The summed E-state index contributed by atoms with van der Waals surface area (Å²) in [7, 11) is 2.19. The molecule has 0 aromatic heterocycles. The van der Waals surface area contributed by atoms with Crippen molar-refractivity contribution in [3.63, 3.8) is 0 Å². The Hall–Kier alpha value is -1.06. The zero-order valence-corrected chi connectivity index (χ0v) is 11.4. The first-order valence-corrected chi connectivity index (χ1v) is 6.82. The third-order valence-corrected chi connectivity index (χ3v) is 3.65. The lowest BCUT2D eigenvalue weighted by Crippen LogP contribution is -2.37. The van der Waals surface area contributed by atoms with Gasteiger partial charge in [0, 0.05) is 38.0 Å². The van der Waals surface area contributed by atoms with Crippen LogP contribution in [0.25, 0.3) is 0 Å². The van der Waals surface area contributed by atoms with Crippen LogP contribution in [0.15, 0.2) is 24.3 Å². The summed E-state index contributed by atoms with van der Waals surface area (Å²) in [5.74, 6) is 0. The molecule has 1 fully saturated rings. The summed E-state index contributed by atoms with van der Waals surface area (Å²) in [6, 6.07) is 9.39. The van der Waals surface area contributed by atoms with E-state index in [1.807, 2.05) is 0 Å². The highest BCUT2D eigenvalue weighted by Crippen LogP contribution is 2.25. The highest BCUT2D eigenvalue weighted by atomic mass is 16.5. The normalized spacial score (nSPS) is 18.6. The van der Waals surface area contributed by atoms with Crippen molar-refractivity contribution in [3.8, 4) is 0 Å². The molecule has 18 heavy (non-hydrogen) atoms. The molecular formula is C15H24N2O. The summed E-state index contributed by atoms with van der Waals surface area (Å²) < 4.78 is 5.43. The molecule has 1 unspecified atom stereocenters. The zero-order chi connectivity index (χ0) is 13.0. The molecule has 0 amide bonds. The Morgan fingerprint density at radius 1 is 1.33 bits per heavy atom. The van der Waals surface area contributed by atoms with E-state index in [-0.39, 0.29) is 6.04 Å². The fourth-order valence-electron chi connectivity index (χ4n) is 2.64. The average molecular weight is 248 g/mol. The smallest absolute Gasteiger partial charge is 0.0485 e. The van der Waals surface area contributed by atoms with Crippen LogP contribution < -0.4 is 10.6 Å². The Morgan fingerprint density at radius 3 is 2.67 bits per heavy atom. The lowest BCUT2D eigenvalue weighted by Gasteiger charge is -2.34. The highest BCUT2D eigenvalue weighted by molar-refractivity contribution is 5.54. The van der Waals surface area contributed by atoms with Crippen LogP contribution in [-0.2, 0) is 11.2 Å². The largest absolute Gasteiger partial charge is 0.381 e. The molecule has 0 bridgehead atoms. The average Bonchev–Trinajstić information content (AvgIpc) is 2.39. The fourth-order valence-corrected chi connectivity index (χ4v) is 2.64. The minimum atomic E-state index is 0.203. The van der Waals surface area contributed by atoms with Crippen molar-refractivity contribution in [1.29, 1.82) is 0 Å². The third-order valence-electron chi connectivity index (χ3n) is 3.65. The van der Waals surface area contributed by atoms with Gasteiger partial charge in [0.2, 0.25) is 0 Å². The maximum atomic E-state index is 5.93. The zero-order valence-electron chi connectivity index (χ0n) is 11.4. The fraction of sp³-hybridized carbons (Fsp3) is 0.600. The second kappa shape index (κ2) is 6.21. The maximum absolute atomic E-state index is 5.93. The van der Waals surface area contributed by atoms with Gasteiger partial charge in [0.25, 0.3) is 0 Å². The van der Waals surface area contributed by atoms with E-state index in [0.717, 1.165) is 32.5 Å². The highest BCUT2D eigenvalue weighted by Gasteiger charge is 2.20. The molecule has 1 aromatic rings. The molecule has 0 aliphatic carbocycles. The molecule has 1 atom stereocenters. The molecule has 3 nitrogen and oxygen atoms in total. The third kappa shape index (κ3) is 3.24. The van der Waals surface area contributed by atoms with Gasteiger partial charge in [0.15, 0.2) is 0 Å². The number of hydrogen-bond donors (Lipinski definition) is 1. The monoisotopic (exact) mass is 248 g/mol. The number of hydrogen-bond acceptors (Lipinski definition) is 3. The van der Waals surface area contributed by atoms with Gasteiger partial charge < -0.3 is 15.4 Å². The quantitative estimate of drug-likeness (QED) is 0.887. The second-order valence-corrected chi connectivity index (χ2v) is 5.26. The summed E-state index contributed by atoms with van der Waals surface area (Å²) in [5, 5.41) is 0. The standard InChI is InChI=1S/C15H24N2O/c1-12(16)11-13-5-3-4-6-15(13)17(2)14-7-9-18-10-8-14/h3-6,12,14H,7-11,16H2,1-2H3. The lowest BCUT2D eigenvalue weighted by molar-refractivity contribution is 0.0854. The van der Waals surface area contributed by atoms with Crippen LogP contribution in [0, 0.1) is 0 Å². The molecule has 0 saturated carbocycles. The molecule has 100 valence electrons.